The van der Waals surface area contributed by atoms with Crippen LogP contribution in [0.15, 0.2) is 4.99 Å². The number of hydrogen-bond acceptors (Lipinski definition) is 4. The Balaban J connectivity index is 1.41. The summed E-state index contributed by atoms with van der Waals surface area (Å²) in [6.45, 7) is 12.8. The molecule has 0 aromatic carbocycles. The molecule has 0 aromatic rings. The Bertz CT molecular complexity index is 377. The fraction of sp³-hybridized carbons (Fsp3) is 0.938. The number of nitrogens with zero attached hydrogens (tertiary/aromatic N) is 4. The number of likely N-dealkylation sites (N-methyl/N-ethyl adjacent to an activating group) is 1. The van der Waals surface area contributed by atoms with Gasteiger partial charge in [-0.1, -0.05) is 6.92 Å². The van der Waals surface area contributed by atoms with Gasteiger partial charge in [-0.15, -0.1) is 0 Å². The van der Waals surface area contributed by atoms with Crippen molar-refractivity contribution in [3.63, 3.8) is 0 Å². The predicted molar refractivity (Wildman–Crippen MR) is 91.4 cm³/mol. The minimum Gasteiger partial charge on any atom is -0.355 e. The van der Waals surface area contributed by atoms with Crippen LogP contribution in [0.1, 0.15) is 19.8 Å². The quantitative estimate of drug-likeness (QED) is 0.536. The van der Waals surface area contributed by atoms with Crippen molar-refractivity contribution < 1.29 is 0 Å². The molecule has 4 aliphatic heterocycles. The van der Waals surface area contributed by atoms with Crippen molar-refractivity contribution in [2.24, 2.45) is 4.99 Å². The maximum Gasteiger partial charge on any atom is 0.191 e. The van der Waals surface area contributed by atoms with Gasteiger partial charge in [0, 0.05) is 64.9 Å². The monoisotopic (exact) mass is 308 g/mol. The molecular formula is C16H32N6. The van der Waals surface area contributed by atoms with Gasteiger partial charge in [0.25, 0.3) is 0 Å². The minimum absolute atomic E-state index is 0.639. The van der Waals surface area contributed by atoms with E-state index in [9.17, 15) is 0 Å². The highest BCUT2D eigenvalue weighted by atomic mass is 15.4. The second-order valence-electron chi connectivity index (χ2n) is 6.75. The number of fused-ring (bicyclic) bond motifs is 3. The van der Waals surface area contributed by atoms with Gasteiger partial charge in [-0.3, -0.25) is 19.7 Å². The van der Waals surface area contributed by atoms with Crippen molar-refractivity contribution >= 4 is 5.96 Å². The van der Waals surface area contributed by atoms with Crippen LogP contribution >= 0.6 is 0 Å². The number of rotatable bonds is 5. The number of aliphatic imine (C=N–C) groups is 1. The molecule has 0 spiro atoms. The highest BCUT2D eigenvalue weighted by molar-refractivity contribution is 5.79. The number of nitrogens with one attached hydrogen (secondary N) is 2. The zero-order chi connectivity index (χ0) is 15.4. The highest BCUT2D eigenvalue weighted by Gasteiger charge is 2.31. The first kappa shape index (κ1) is 16.0. The summed E-state index contributed by atoms with van der Waals surface area (Å²) in [7, 11) is 1.87. The van der Waals surface area contributed by atoms with E-state index >= 15 is 0 Å². The largest absolute Gasteiger partial charge is 0.355 e. The molecule has 126 valence electrons. The van der Waals surface area contributed by atoms with Crippen LogP contribution in [0.3, 0.4) is 0 Å². The number of piperazine rings is 3. The Morgan fingerprint density at radius 3 is 2.36 bits per heavy atom. The van der Waals surface area contributed by atoms with Crippen LogP contribution in [0, 0.1) is 0 Å². The second-order valence-corrected chi connectivity index (χ2v) is 6.75. The van der Waals surface area contributed by atoms with Gasteiger partial charge < -0.3 is 10.6 Å². The van der Waals surface area contributed by atoms with Crippen LogP contribution in [0.5, 0.6) is 0 Å². The minimum atomic E-state index is 0.639. The first-order valence-electron chi connectivity index (χ1n) is 8.95. The van der Waals surface area contributed by atoms with Gasteiger partial charge in [0.05, 0.1) is 0 Å². The summed E-state index contributed by atoms with van der Waals surface area (Å²) in [6, 6.07) is 1.31. The van der Waals surface area contributed by atoms with E-state index in [0.717, 1.165) is 25.6 Å². The van der Waals surface area contributed by atoms with Crippen molar-refractivity contribution in [2.75, 3.05) is 66.0 Å². The number of likely N-dealkylation sites (tertiary alicyclic amines) is 1. The molecule has 4 aliphatic rings. The van der Waals surface area contributed by atoms with E-state index in [-0.39, 0.29) is 0 Å². The summed E-state index contributed by atoms with van der Waals surface area (Å²) in [5, 5.41) is 7.06. The van der Waals surface area contributed by atoms with Crippen LogP contribution < -0.4 is 10.6 Å². The molecule has 2 unspecified atom stereocenters. The molecule has 2 bridgehead atoms. The van der Waals surface area contributed by atoms with Crippen LogP contribution in [0.2, 0.25) is 0 Å². The Hall–Kier alpha value is -0.850. The number of hydrogen-bond donors (Lipinski definition) is 2. The first-order valence-corrected chi connectivity index (χ1v) is 8.95. The molecule has 4 heterocycles. The van der Waals surface area contributed by atoms with Gasteiger partial charge in [-0.2, -0.15) is 0 Å². The summed E-state index contributed by atoms with van der Waals surface area (Å²) >= 11 is 0. The zero-order valence-electron chi connectivity index (χ0n) is 14.2. The van der Waals surface area contributed by atoms with E-state index in [2.05, 4.69) is 37.2 Å². The van der Waals surface area contributed by atoms with E-state index in [1.807, 2.05) is 7.05 Å². The van der Waals surface area contributed by atoms with Crippen molar-refractivity contribution in [2.45, 2.75) is 31.8 Å². The molecular weight excluding hydrogens is 276 g/mol. The van der Waals surface area contributed by atoms with E-state index in [4.69, 9.17) is 0 Å². The topological polar surface area (TPSA) is 46.1 Å². The van der Waals surface area contributed by atoms with Crippen molar-refractivity contribution in [1.82, 2.24) is 25.3 Å². The van der Waals surface area contributed by atoms with Gasteiger partial charge in [0.1, 0.15) is 0 Å². The average Bonchev–Trinajstić information content (AvgIpc) is 3.03. The molecule has 0 radical (unpaired) electrons. The number of guanidine groups is 1. The van der Waals surface area contributed by atoms with Gasteiger partial charge in [0.15, 0.2) is 5.96 Å². The van der Waals surface area contributed by atoms with E-state index in [1.54, 1.807) is 0 Å². The van der Waals surface area contributed by atoms with Gasteiger partial charge in [-0.25, -0.2) is 0 Å². The third-order valence-corrected chi connectivity index (χ3v) is 5.53. The fourth-order valence-electron chi connectivity index (χ4n) is 4.11. The van der Waals surface area contributed by atoms with Crippen molar-refractivity contribution in [3.05, 3.63) is 0 Å². The Kier molecular flexibility index (Phi) is 5.55. The summed E-state index contributed by atoms with van der Waals surface area (Å²) in [5.41, 5.74) is 0. The Morgan fingerprint density at radius 2 is 1.77 bits per heavy atom. The molecule has 22 heavy (non-hydrogen) atoms. The average molecular weight is 308 g/mol. The molecule has 2 atom stereocenters. The van der Waals surface area contributed by atoms with Crippen LogP contribution in [0.4, 0.5) is 0 Å². The summed E-state index contributed by atoms with van der Waals surface area (Å²) in [5.74, 6) is 0.959. The lowest BCUT2D eigenvalue weighted by atomic mass is 10.1. The summed E-state index contributed by atoms with van der Waals surface area (Å²) < 4.78 is 0. The lowest BCUT2D eigenvalue weighted by Crippen LogP contribution is -2.64. The summed E-state index contributed by atoms with van der Waals surface area (Å²) in [4.78, 5) is 12.2. The maximum absolute atomic E-state index is 4.39. The smallest absolute Gasteiger partial charge is 0.191 e. The molecule has 6 nitrogen and oxygen atoms in total. The van der Waals surface area contributed by atoms with Crippen LogP contribution in [0.25, 0.3) is 0 Å². The molecule has 4 fully saturated rings. The molecule has 4 saturated heterocycles. The molecule has 0 amide bonds. The summed E-state index contributed by atoms with van der Waals surface area (Å²) in [6.07, 6.45) is 2.64. The first-order chi connectivity index (χ1) is 10.8. The molecule has 4 rings (SSSR count). The molecule has 2 N–H and O–H groups in total. The van der Waals surface area contributed by atoms with Gasteiger partial charge in [0.2, 0.25) is 0 Å². The third-order valence-electron chi connectivity index (χ3n) is 5.53. The second kappa shape index (κ2) is 7.62. The Labute approximate surface area is 134 Å². The standard InChI is InChI=1S/C16H32N6/c1-3-21-6-4-5-14(21)11-18-16(17-2)19-12-15-13-20-7-9-22(15)10-8-20/h14-15H,3-13H2,1-2H3,(H2,17,18,19). The Morgan fingerprint density at radius 1 is 1.05 bits per heavy atom. The highest BCUT2D eigenvalue weighted by Crippen LogP contribution is 2.16. The lowest BCUT2D eigenvalue weighted by Gasteiger charge is -2.47. The predicted octanol–water partition coefficient (Wildman–Crippen LogP) is -0.364. The van der Waals surface area contributed by atoms with Crippen LogP contribution in [-0.4, -0.2) is 98.7 Å². The fourth-order valence-corrected chi connectivity index (χ4v) is 4.11. The lowest BCUT2D eigenvalue weighted by molar-refractivity contribution is 0.0154. The third kappa shape index (κ3) is 3.73. The molecule has 0 saturated carbocycles. The van der Waals surface area contributed by atoms with Gasteiger partial charge in [-0.05, 0) is 25.9 Å². The van der Waals surface area contributed by atoms with E-state index in [1.165, 1.54) is 52.1 Å². The van der Waals surface area contributed by atoms with Gasteiger partial charge >= 0.3 is 0 Å². The maximum atomic E-state index is 4.39. The van der Waals surface area contributed by atoms with E-state index in [0.29, 0.717) is 12.1 Å². The van der Waals surface area contributed by atoms with E-state index < -0.39 is 0 Å². The van der Waals surface area contributed by atoms with Crippen LogP contribution in [-0.2, 0) is 0 Å². The SMILES string of the molecule is CCN1CCCC1CNC(=NC)NCC1CN2CCN1CC2. The normalized spacial score (nSPS) is 35.8. The zero-order valence-corrected chi connectivity index (χ0v) is 14.2. The molecule has 0 aliphatic carbocycles. The van der Waals surface area contributed by atoms with Crippen molar-refractivity contribution in [1.29, 1.82) is 0 Å². The molecule has 6 heteroatoms. The van der Waals surface area contributed by atoms with Crippen molar-refractivity contribution in [3.8, 4) is 0 Å². The molecule has 0 aromatic heterocycles.